The molecule has 0 aromatic carbocycles. The van der Waals surface area contributed by atoms with Gasteiger partial charge in [0.25, 0.3) is 0 Å². The zero-order valence-electron chi connectivity index (χ0n) is 10.8. The molecule has 16 heavy (non-hydrogen) atoms. The van der Waals surface area contributed by atoms with Crippen LogP contribution in [0, 0.1) is 11.8 Å². The standard InChI is InChI=1S/C14H26O2/c1-3-12-9-10-13(11-12)7-5-4-6-8-14(15)16-2/h12-13H,3-11H2,1-2H3. The highest BCUT2D eigenvalue weighted by molar-refractivity contribution is 5.68. The Kier molecular flexibility index (Phi) is 6.51. The summed E-state index contributed by atoms with van der Waals surface area (Å²) in [4.78, 5) is 10.9. The summed E-state index contributed by atoms with van der Waals surface area (Å²) in [7, 11) is 1.46. The number of hydrogen-bond donors (Lipinski definition) is 0. The van der Waals surface area contributed by atoms with Crippen LogP contribution in [0.1, 0.15) is 64.7 Å². The lowest BCUT2D eigenvalue weighted by Crippen LogP contribution is -2.00. The van der Waals surface area contributed by atoms with Crippen molar-refractivity contribution >= 4 is 5.97 Å². The summed E-state index contributed by atoms with van der Waals surface area (Å²) in [6.07, 6.45) is 11.1. The van der Waals surface area contributed by atoms with E-state index in [0.29, 0.717) is 6.42 Å². The third kappa shape index (κ3) is 5.00. The molecule has 1 rings (SSSR count). The van der Waals surface area contributed by atoms with Gasteiger partial charge in [-0.15, -0.1) is 0 Å². The van der Waals surface area contributed by atoms with Crippen molar-refractivity contribution in [1.29, 1.82) is 0 Å². The molecule has 2 unspecified atom stereocenters. The summed E-state index contributed by atoms with van der Waals surface area (Å²) in [6.45, 7) is 2.31. The van der Waals surface area contributed by atoms with E-state index in [2.05, 4.69) is 11.7 Å². The second-order valence-corrected chi connectivity index (χ2v) is 5.13. The summed E-state index contributed by atoms with van der Waals surface area (Å²) in [5, 5.41) is 0. The molecule has 94 valence electrons. The zero-order valence-corrected chi connectivity index (χ0v) is 10.8. The molecule has 0 N–H and O–H groups in total. The van der Waals surface area contributed by atoms with Crippen LogP contribution in [0.5, 0.6) is 0 Å². The summed E-state index contributed by atoms with van der Waals surface area (Å²) in [6, 6.07) is 0. The van der Waals surface area contributed by atoms with Crippen LogP contribution in [0.15, 0.2) is 0 Å². The lowest BCUT2D eigenvalue weighted by atomic mass is 9.97. The van der Waals surface area contributed by atoms with E-state index in [1.165, 1.54) is 52.1 Å². The molecule has 1 saturated carbocycles. The van der Waals surface area contributed by atoms with Gasteiger partial charge >= 0.3 is 5.97 Å². The number of hydrogen-bond acceptors (Lipinski definition) is 2. The fraction of sp³-hybridized carbons (Fsp3) is 0.929. The van der Waals surface area contributed by atoms with Gasteiger partial charge in [0.15, 0.2) is 0 Å². The number of unbranched alkanes of at least 4 members (excludes halogenated alkanes) is 2. The molecule has 0 spiro atoms. The predicted molar refractivity (Wildman–Crippen MR) is 66.2 cm³/mol. The second kappa shape index (κ2) is 7.70. The maximum atomic E-state index is 10.9. The molecule has 2 nitrogen and oxygen atoms in total. The van der Waals surface area contributed by atoms with Crippen molar-refractivity contribution in [2.45, 2.75) is 64.7 Å². The van der Waals surface area contributed by atoms with E-state index in [-0.39, 0.29) is 5.97 Å². The Balaban J connectivity index is 1.94. The summed E-state index contributed by atoms with van der Waals surface area (Å²) >= 11 is 0. The third-order valence-corrected chi connectivity index (χ3v) is 3.95. The SMILES string of the molecule is CCC1CCC(CCCCCC(=O)OC)C1. The van der Waals surface area contributed by atoms with Gasteiger partial charge in [-0.05, 0) is 24.7 Å². The minimum atomic E-state index is -0.0630. The highest BCUT2D eigenvalue weighted by atomic mass is 16.5. The van der Waals surface area contributed by atoms with Crippen molar-refractivity contribution in [2.24, 2.45) is 11.8 Å². The van der Waals surface area contributed by atoms with Gasteiger partial charge in [-0.1, -0.05) is 45.4 Å². The smallest absolute Gasteiger partial charge is 0.305 e. The van der Waals surface area contributed by atoms with Gasteiger partial charge in [0.1, 0.15) is 0 Å². The summed E-state index contributed by atoms with van der Waals surface area (Å²) in [5.41, 5.74) is 0. The Bertz CT molecular complexity index is 201. The van der Waals surface area contributed by atoms with Gasteiger partial charge < -0.3 is 4.74 Å². The molecule has 1 fully saturated rings. The molecule has 0 heterocycles. The van der Waals surface area contributed by atoms with Crippen LogP contribution in [-0.2, 0) is 9.53 Å². The minimum Gasteiger partial charge on any atom is -0.469 e. The Labute approximate surface area is 99.8 Å². The van der Waals surface area contributed by atoms with E-state index in [4.69, 9.17) is 0 Å². The molecule has 1 aliphatic rings. The quantitative estimate of drug-likeness (QED) is 0.485. The molecular formula is C14H26O2. The van der Waals surface area contributed by atoms with E-state index < -0.39 is 0 Å². The first-order valence-corrected chi connectivity index (χ1v) is 6.83. The fourth-order valence-corrected chi connectivity index (χ4v) is 2.79. The maximum Gasteiger partial charge on any atom is 0.305 e. The van der Waals surface area contributed by atoms with Crippen LogP contribution in [0.2, 0.25) is 0 Å². The van der Waals surface area contributed by atoms with Gasteiger partial charge in [-0.2, -0.15) is 0 Å². The lowest BCUT2D eigenvalue weighted by molar-refractivity contribution is -0.140. The largest absolute Gasteiger partial charge is 0.469 e. The average Bonchev–Trinajstić information content (AvgIpc) is 2.76. The van der Waals surface area contributed by atoms with E-state index >= 15 is 0 Å². The summed E-state index contributed by atoms with van der Waals surface area (Å²) in [5.74, 6) is 1.91. The highest BCUT2D eigenvalue weighted by Crippen LogP contribution is 2.35. The van der Waals surface area contributed by atoms with E-state index in [1.807, 2.05) is 0 Å². The van der Waals surface area contributed by atoms with Gasteiger partial charge in [0.2, 0.25) is 0 Å². The van der Waals surface area contributed by atoms with Crippen LogP contribution in [-0.4, -0.2) is 13.1 Å². The van der Waals surface area contributed by atoms with Gasteiger partial charge in [0, 0.05) is 6.42 Å². The highest BCUT2D eigenvalue weighted by Gasteiger charge is 2.22. The molecule has 0 aromatic heterocycles. The zero-order chi connectivity index (χ0) is 11.8. The van der Waals surface area contributed by atoms with Gasteiger partial charge in [-0.25, -0.2) is 0 Å². The van der Waals surface area contributed by atoms with Crippen molar-refractivity contribution in [3.63, 3.8) is 0 Å². The first-order chi connectivity index (χ1) is 7.76. The fourth-order valence-electron chi connectivity index (χ4n) is 2.79. The van der Waals surface area contributed by atoms with E-state index in [1.54, 1.807) is 0 Å². The first kappa shape index (κ1) is 13.5. The minimum absolute atomic E-state index is 0.0630. The van der Waals surface area contributed by atoms with Gasteiger partial charge in [-0.3, -0.25) is 4.79 Å². The Morgan fingerprint density at radius 3 is 2.56 bits per heavy atom. The molecule has 0 saturated heterocycles. The Hall–Kier alpha value is -0.530. The molecule has 2 atom stereocenters. The molecular weight excluding hydrogens is 200 g/mol. The first-order valence-electron chi connectivity index (χ1n) is 6.83. The van der Waals surface area contributed by atoms with Crippen LogP contribution < -0.4 is 0 Å². The molecule has 2 heteroatoms. The van der Waals surface area contributed by atoms with Crippen molar-refractivity contribution in [2.75, 3.05) is 7.11 Å². The van der Waals surface area contributed by atoms with Crippen LogP contribution in [0.4, 0.5) is 0 Å². The van der Waals surface area contributed by atoms with Crippen LogP contribution >= 0.6 is 0 Å². The lowest BCUT2D eigenvalue weighted by Gasteiger charge is -2.09. The van der Waals surface area contributed by atoms with Crippen molar-refractivity contribution in [1.82, 2.24) is 0 Å². The topological polar surface area (TPSA) is 26.3 Å². The Morgan fingerprint density at radius 1 is 1.19 bits per heavy atom. The Morgan fingerprint density at radius 2 is 1.94 bits per heavy atom. The van der Waals surface area contributed by atoms with Crippen molar-refractivity contribution in [3.05, 3.63) is 0 Å². The number of ether oxygens (including phenoxy) is 1. The van der Waals surface area contributed by atoms with E-state index in [0.717, 1.165) is 18.3 Å². The van der Waals surface area contributed by atoms with Crippen molar-refractivity contribution in [3.8, 4) is 0 Å². The molecule has 0 bridgehead atoms. The molecule has 1 aliphatic carbocycles. The number of carbonyl (C=O) groups excluding carboxylic acids is 1. The predicted octanol–water partition coefficient (Wildman–Crippen LogP) is 3.94. The van der Waals surface area contributed by atoms with Crippen molar-refractivity contribution < 1.29 is 9.53 Å². The van der Waals surface area contributed by atoms with Gasteiger partial charge in [0.05, 0.1) is 7.11 Å². The number of rotatable bonds is 7. The average molecular weight is 226 g/mol. The molecule has 0 amide bonds. The van der Waals surface area contributed by atoms with Crippen LogP contribution in [0.25, 0.3) is 0 Å². The van der Waals surface area contributed by atoms with E-state index in [9.17, 15) is 4.79 Å². The second-order valence-electron chi connectivity index (χ2n) is 5.13. The third-order valence-electron chi connectivity index (χ3n) is 3.95. The molecule has 0 aliphatic heterocycles. The molecule has 0 radical (unpaired) electrons. The molecule has 0 aromatic rings. The van der Waals surface area contributed by atoms with Crippen LogP contribution in [0.3, 0.4) is 0 Å². The summed E-state index contributed by atoms with van der Waals surface area (Å²) < 4.78 is 4.62. The number of esters is 1. The monoisotopic (exact) mass is 226 g/mol. The number of methoxy groups -OCH3 is 1. The maximum absolute atomic E-state index is 10.9. The normalized spacial score (nSPS) is 24.6. The number of carbonyl (C=O) groups is 1.